The number of hydrogen-bond donors (Lipinski definition) is 2. The van der Waals surface area contributed by atoms with E-state index < -0.39 is 71.3 Å². The first-order valence-corrected chi connectivity index (χ1v) is 16.2. The summed E-state index contributed by atoms with van der Waals surface area (Å²) in [4.78, 5) is 33.5. The average Bonchev–Trinajstić information content (AvgIpc) is 3.05. The molecule has 1 aliphatic heterocycles. The maximum absolute atomic E-state index is 13.8. The van der Waals surface area contributed by atoms with E-state index in [1.807, 2.05) is 0 Å². The Hall–Kier alpha value is -4.77. The SMILES string of the molecule is CCOC(=O)N1c2ccc(C(F)(F)F)cc2[C@@H](Nc2ncc(OCCCCCC(=O)O)c(Cc3cc(C(F)(F)F)cc(C(F)(F)F)c3)n2)C[C@H]1CC. The molecule has 1 aromatic heterocycles. The number of halogens is 9. The van der Waals surface area contributed by atoms with Crippen LogP contribution in [0.15, 0.2) is 42.6 Å². The molecule has 18 heteroatoms. The number of unbranched alkanes of at least 4 members (excludes halogenated alkanes) is 2. The van der Waals surface area contributed by atoms with Crippen LogP contribution < -0.4 is 15.0 Å². The van der Waals surface area contributed by atoms with E-state index in [0.29, 0.717) is 37.8 Å². The standard InChI is InChI=1S/C34H35F9N4O5/c1-3-23-17-25(24-16-20(32(35,36)37)9-10-27(24)47(23)31(50)51-4-2)45-30-44-18-28(52-11-7-5-6-8-29(48)49)26(46-30)14-19-12-21(33(38,39)40)15-22(13-19)34(41,42)43/h9-10,12-13,15-16,18,23,25H,3-8,11,14,17H2,1-2H3,(H,48,49)(H,44,45,46)/t23-,25+/m1/s1. The molecule has 2 N–H and O–H groups in total. The smallest absolute Gasteiger partial charge is 0.416 e. The Labute approximate surface area is 292 Å². The van der Waals surface area contributed by atoms with Crippen molar-refractivity contribution in [1.82, 2.24) is 9.97 Å². The predicted molar refractivity (Wildman–Crippen MR) is 169 cm³/mol. The zero-order valence-electron chi connectivity index (χ0n) is 27.9. The van der Waals surface area contributed by atoms with E-state index in [1.54, 1.807) is 13.8 Å². The fraction of sp³-hybridized carbons (Fsp3) is 0.471. The number of benzene rings is 2. The van der Waals surface area contributed by atoms with Crippen molar-refractivity contribution in [1.29, 1.82) is 0 Å². The second kappa shape index (κ2) is 16.3. The van der Waals surface area contributed by atoms with E-state index in [9.17, 15) is 49.1 Å². The number of rotatable bonds is 13. The summed E-state index contributed by atoms with van der Waals surface area (Å²) in [5.74, 6) is -1.30. The number of aromatic nitrogens is 2. The van der Waals surface area contributed by atoms with E-state index in [1.165, 1.54) is 4.90 Å². The molecule has 0 saturated heterocycles. The molecule has 0 fully saturated rings. The summed E-state index contributed by atoms with van der Waals surface area (Å²) < 4.78 is 134. The first-order valence-electron chi connectivity index (χ1n) is 16.2. The number of fused-ring (bicyclic) bond motifs is 1. The Morgan fingerprint density at radius 3 is 2.13 bits per heavy atom. The largest absolute Gasteiger partial charge is 0.490 e. The van der Waals surface area contributed by atoms with E-state index in [4.69, 9.17) is 14.6 Å². The Bertz CT molecular complexity index is 1700. The highest BCUT2D eigenvalue weighted by molar-refractivity contribution is 5.90. The predicted octanol–water partition coefficient (Wildman–Crippen LogP) is 9.45. The third-order valence-corrected chi connectivity index (χ3v) is 8.24. The highest BCUT2D eigenvalue weighted by Crippen LogP contribution is 2.43. The average molecular weight is 751 g/mol. The molecule has 284 valence electrons. The van der Waals surface area contributed by atoms with Crippen LogP contribution in [-0.2, 0) is 34.5 Å². The summed E-state index contributed by atoms with van der Waals surface area (Å²) in [6.07, 6.45) is -13.7. The molecule has 3 aromatic rings. The minimum atomic E-state index is -5.11. The number of alkyl halides is 9. The first-order chi connectivity index (χ1) is 24.3. The van der Waals surface area contributed by atoms with E-state index in [0.717, 1.165) is 24.4 Å². The van der Waals surface area contributed by atoms with Crippen LogP contribution in [0.2, 0.25) is 0 Å². The zero-order valence-corrected chi connectivity index (χ0v) is 27.9. The first kappa shape index (κ1) is 40.0. The number of carboxylic acids is 1. The van der Waals surface area contributed by atoms with Gasteiger partial charge in [0, 0.05) is 18.9 Å². The van der Waals surface area contributed by atoms with Crippen molar-refractivity contribution in [2.24, 2.45) is 0 Å². The van der Waals surface area contributed by atoms with Crippen molar-refractivity contribution in [3.05, 3.63) is 76.1 Å². The third-order valence-electron chi connectivity index (χ3n) is 8.24. The second-order valence-electron chi connectivity index (χ2n) is 12.0. The quantitative estimate of drug-likeness (QED) is 0.131. The van der Waals surface area contributed by atoms with Crippen molar-refractivity contribution in [2.75, 3.05) is 23.4 Å². The van der Waals surface area contributed by atoms with Gasteiger partial charge in [-0.25, -0.2) is 14.8 Å². The Kier molecular flexibility index (Phi) is 12.5. The summed E-state index contributed by atoms with van der Waals surface area (Å²) in [6, 6.07) is 2.43. The number of ether oxygens (including phenoxy) is 2. The van der Waals surface area contributed by atoms with Gasteiger partial charge < -0.3 is 19.9 Å². The summed E-state index contributed by atoms with van der Waals surface area (Å²) >= 11 is 0. The lowest BCUT2D eigenvalue weighted by Gasteiger charge is -2.40. The minimum absolute atomic E-state index is 0.00707. The number of anilines is 2. The summed E-state index contributed by atoms with van der Waals surface area (Å²) in [5.41, 5.74) is -4.44. The molecule has 0 saturated carbocycles. The number of nitrogens with zero attached hydrogens (tertiary/aromatic N) is 3. The number of carboxylic acid groups (broad SMARTS) is 1. The monoisotopic (exact) mass is 750 g/mol. The number of amides is 1. The molecule has 0 unspecified atom stereocenters. The molecule has 9 nitrogen and oxygen atoms in total. The molecule has 0 bridgehead atoms. The molecule has 2 aromatic carbocycles. The van der Waals surface area contributed by atoms with Gasteiger partial charge in [-0.15, -0.1) is 0 Å². The lowest BCUT2D eigenvalue weighted by Crippen LogP contribution is -2.46. The van der Waals surface area contributed by atoms with Crippen LogP contribution in [-0.4, -0.2) is 46.4 Å². The van der Waals surface area contributed by atoms with Gasteiger partial charge in [-0.05, 0) is 86.6 Å². The number of nitrogens with one attached hydrogen (secondary N) is 1. The van der Waals surface area contributed by atoms with Gasteiger partial charge in [-0.1, -0.05) is 6.92 Å². The van der Waals surface area contributed by atoms with Crippen LogP contribution in [0.25, 0.3) is 0 Å². The molecule has 4 rings (SSSR count). The van der Waals surface area contributed by atoms with Crippen LogP contribution in [0, 0.1) is 0 Å². The number of carbonyl (C=O) groups excluding carboxylic acids is 1. The maximum atomic E-state index is 13.8. The topological polar surface area (TPSA) is 114 Å². The molecule has 2 atom stereocenters. The van der Waals surface area contributed by atoms with Crippen molar-refractivity contribution in [3.8, 4) is 5.75 Å². The minimum Gasteiger partial charge on any atom is -0.490 e. The van der Waals surface area contributed by atoms with Gasteiger partial charge >= 0.3 is 30.6 Å². The lowest BCUT2D eigenvalue weighted by molar-refractivity contribution is -0.143. The van der Waals surface area contributed by atoms with Crippen LogP contribution in [0.5, 0.6) is 5.75 Å². The molecule has 0 spiro atoms. The van der Waals surface area contributed by atoms with Gasteiger partial charge in [0.1, 0.15) is 0 Å². The molecule has 1 aliphatic rings. The molecule has 0 radical (unpaired) electrons. The second-order valence-corrected chi connectivity index (χ2v) is 12.0. The van der Waals surface area contributed by atoms with Gasteiger partial charge in [0.05, 0.1) is 53.5 Å². The van der Waals surface area contributed by atoms with Gasteiger partial charge in [-0.3, -0.25) is 9.69 Å². The molecule has 2 heterocycles. The van der Waals surface area contributed by atoms with Crippen LogP contribution in [0.3, 0.4) is 0 Å². The number of hydrogen-bond acceptors (Lipinski definition) is 7. The van der Waals surface area contributed by atoms with Crippen LogP contribution in [0.4, 0.5) is 55.9 Å². The fourth-order valence-electron chi connectivity index (χ4n) is 5.79. The van der Waals surface area contributed by atoms with E-state index in [-0.39, 0.29) is 60.8 Å². The summed E-state index contributed by atoms with van der Waals surface area (Å²) in [7, 11) is 0. The lowest BCUT2D eigenvalue weighted by atomic mass is 9.89. The Morgan fingerprint density at radius 2 is 1.56 bits per heavy atom. The van der Waals surface area contributed by atoms with Gasteiger partial charge in [0.25, 0.3) is 0 Å². The maximum Gasteiger partial charge on any atom is 0.416 e. The Morgan fingerprint density at radius 1 is 0.904 bits per heavy atom. The molecule has 0 aliphatic carbocycles. The summed E-state index contributed by atoms with van der Waals surface area (Å²) in [5, 5.41) is 11.8. The van der Waals surface area contributed by atoms with Crippen molar-refractivity contribution < 1.29 is 63.7 Å². The highest BCUT2D eigenvalue weighted by atomic mass is 19.4. The van der Waals surface area contributed by atoms with Crippen molar-refractivity contribution in [2.45, 2.75) is 89.4 Å². The van der Waals surface area contributed by atoms with Crippen molar-refractivity contribution >= 4 is 23.7 Å². The third kappa shape index (κ3) is 10.2. The van der Waals surface area contributed by atoms with Gasteiger partial charge in [-0.2, -0.15) is 39.5 Å². The zero-order chi connectivity index (χ0) is 38.4. The molecular formula is C34H35F9N4O5. The fourth-order valence-corrected chi connectivity index (χ4v) is 5.79. The van der Waals surface area contributed by atoms with Crippen molar-refractivity contribution in [3.63, 3.8) is 0 Å². The van der Waals surface area contributed by atoms with E-state index >= 15 is 0 Å². The Balaban J connectivity index is 1.75. The van der Waals surface area contributed by atoms with E-state index in [2.05, 4.69) is 15.3 Å². The van der Waals surface area contributed by atoms with Crippen LogP contribution in [0.1, 0.15) is 91.9 Å². The summed E-state index contributed by atoms with van der Waals surface area (Å²) in [6.45, 7) is 3.33. The number of aliphatic carboxylic acids is 1. The molecular weight excluding hydrogens is 715 g/mol. The van der Waals surface area contributed by atoms with Gasteiger partial charge in [0.15, 0.2) is 5.75 Å². The number of carbonyl (C=O) groups is 2. The normalized spacial score (nSPS) is 16.3. The molecule has 1 amide bonds. The van der Waals surface area contributed by atoms with Crippen LogP contribution >= 0.6 is 0 Å². The highest BCUT2D eigenvalue weighted by Gasteiger charge is 2.40. The molecule has 52 heavy (non-hydrogen) atoms. The van der Waals surface area contributed by atoms with Gasteiger partial charge in [0.2, 0.25) is 5.95 Å².